The van der Waals surface area contributed by atoms with Gasteiger partial charge in [0.15, 0.2) is 0 Å². The average Bonchev–Trinajstić information content (AvgIpc) is 3.47. The summed E-state index contributed by atoms with van der Waals surface area (Å²) in [4.78, 5) is 25.0. The standard InChI is InChI=1S/C18H25N7/c1-13-12-16(22-18(20-13)23(2)3)25-10-8-24(9-11-25)15-6-7-19-17(21-15)14-4-5-14/h6-7,12,14H,4-5,8-11H2,1-3H3. The minimum atomic E-state index is 0.592. The maximum Gasteiger partial charge on any atom is 0.226 e. The molecule has 4 rings (SSSR count). The Hall–Kier alpha value is -2.44. The van der Waals surface area contributed by atoms with Crippen LogP contribution in [0.15, 0.2) is 18.3 Å². The van der Waals surface area contributed by atoms with Gasteiger partial charge < -0.3 is 14.7 Å². The number of rotatable bonds is 4. The molecule has 0 aromatic carbocycles. The third-order valence-electron chi connectivity index (χ3n) is 4.76. The fourth-order valence-electron chi connectivity index (χ4n) is 3.14. The highest BCUT2D eigenvalue weighted by Crippen LogP contribution is 2.38. The van der Waals surface area contributed by atoms with E-state index in [4.69, 9.17) is 9.97 Å². The van der Waals surface area contributed by atoms with Crippen molar-refractivity contribution in [3.8, 4) is 0 Å². The smallest absolute Gasteiger partial charge is 0.226 e. The normalized spacial score (nSPS) is 17.7. The minimum absolute atomic E-state index is 0.592. The Morgan fingerprint density at radius 3 is 2.28 bits per heavy atom. The van der Waals surface area contributed by atoms with E-state index in [1.165, 1.54) is 12.8 Å². The van der Waals surface area contributed by atoms with Crippen LogP contribution in [-0.4, -0.2) is 60.2 Å². The molecule has 1 saturated carbocycles. The highest BCUT2D eigenvalue weighted by atomic mass is 15.3. The number of nitrogens with zero attached hydrogens (tertiary/aromatic N) is 7. The summed E-state index contributed by atoms with van der Waals surface area (Å²) in [6.07, 6.45) is 4.37. The molecule has 2 aromatic heterocycles. The summed E-state index contributed by atoms with van der Waals surface area (Å²) < 4.78 is 0. The second kappa shape index (κ2) is 6.46. The minimum Gasteiger partial charge on any atom is -0.353 e. The van der Waals surface area contributed by atoms with Crippen LogP contribution < -0.4 is 14.7 Å². The lowest BCUT2D eigenvalue weighted by Gasteiger charge is -2.36. The molecule has 25 heavy (non-hydrogen) atoms. The summed E-state index contributed by atoms with van der Waals surface area (Å²) in [6, 6.07) is 4.10. The Labute approximate surface area is 148 Å². The van der Waals surface area contributed by atoms with Crippen LogP contribution in [-0.2, 0) is 0 Å². The zero-order valence-electron chi connectivity index (χ0n) is 15.2. The van der Waals surface area contributed by atoms with Crippen LogP contribution in [0, 0.1) is 6.92 Å². The molecule has 0 amide bonds. The first-order chi connectivity index (χ1) is 12.1. The quantitative estimate of drug-likeness (QED) is 0.842. The van der Waals surface area contributed by atoms with Crippen LogP contribution in [0.2, 0.25) is 0 Å². The first-order valence-electron chi connectivity index (χ1n) is 8.96. The van der Waals surface area contributed by atoms with Crippen molar-refractivity contribution >= 4 is 17.6 Å². The van der Waals surface area contributed by atoms with E-state index < -0.39 is 0 Å². The molecule has 132 valence electrons. The van der Waals surface area contributed by atoms with Crippen molar-refractivity contribution in [3.05, 3.63) is 29.8 Å². The molecular weight excluding hydrogens is 314 g/mol. The van der Waals surface area contributed by atoms with Gasteiger partial charge >= 0.3 is 0 Å². The lowest BCUT2D eigenvalue weighted by atomic mass is 10.3. The van der Waals surface area contributed by atoms with Gasteiger partial charge in [0.05, 0.1) is 0 Å². The zero-order valence-corrected chi connectivity index (χ0v) is 15.2. The molecule has 0 bridgehead atoms. The fraction of sp³-hybridized carbons (Fsp3) is 0.556. The molecule has 0 atom stereocenters. The number of hydrogen-bond donors (Lipinski definition) is 0. The van der Waals surface area contributed by atoms with E-state index in [0.29, 0.717) is 5.92 Å². The van der Waals surface area contributed by atoms with Gasteiger partial charge in [-0.3, -0.25) is 0 Å². The predicted octanol–water partition coefficient (Wildman–Crippen LogP) is 1.85. The van der Waals surface area contributed by atoms with E-state index >= 15 is 0 Å². The predicted molar refractivity (Wildman–Crippen MR) is 99.5 cm³/mol. The van der Waals surface area contributed by atoms with E-state index in [9.17, 15) is 0 Å². The van der Waals surface area contributed by atoms with Crippen molar-refractivity contribution in [1.29, 1.82) is 0 Å². The van der Waals surface area contributed by atoms with Crippen LogP contribution >= 0.6 is 0 Å². The molecule has 1 aliphatic carbocycles. The van der Waals surface area contributed by atoms with Crippen LogP contribution in [0.4, 0.5) is 17.6 Å². The van der Waals surface area contributed by atoms with Crippen molar-refractivity contribution in [2.75, 3.05) is 55.0 Å². The molecule has 1 aliphatic heterocycles. The molecule has 7 heteroatoms. The van der Waals surface area contributed by atoms with Crippen molar-refractivity contribution in [2.45, 2.75) is 25.7 Å². The molecule has 2 aromatic rings. The first-order valence-corrected chi connectivity index (χ1v) is 8.96. The number of aryl methyl sites for hydroxylation is 1. The van der Waals surface area contributed by atoms with Crippen LogP contribution in [0.3, 0.4) is 0 Å². The molecule has 0 N–H and O–H groups in total. The average molecular weight is 339 g/mol. The molecule has 0 spiro atoms. The van der Waals surface area contributed by atoms with Gasteiger partial charge in [0.1, 0.15) is 17.5 Å². The van der Waals surface area contributed by atoms with Crippen molar-refractivity contribution in [2.24, 2.45) is 0 Å². The third kappa shape index (κ3) is 3.50. The molecule has 1 saturated heterocycles. The number of hydrogen-bond acceptors (Lipinski definition) is 7. The van der Waals surface area contributed by atoms with E-state index in [1.54, 1.807) is 0 Å². The van der Waals surface area contributed by atoms with Gasteiger partial charge in [-0.1, -0.05) is 0 Å². The monoisotopic (exact) mass is 339 g/mol. The molecule has 0 radical (unpaired) electrons. The topological polar surface area (TPSA) is 61.3 Å². The Balaban J connectivity index is 1.45. The Kier molecular flexibility index (Phi) is 4.15. The van der Waals surface area contributed by atoms with Gasteiger partial charge in [-0.2, -0.15) is 4.98 Å². The third-order valence-corrected chi connectivity index (χ3v) is 4.76. The number of anilines is 3. The summed E-state index contributed by atoms with van der Waals surface area (Å²) >= 11 is 0. The van der Waals surface area contributed by atoms with Crippen LogP contribution in [0.5, 0.6) is 0 Å². The Morgan fingerprint density at radius 2 is 1.64 bits per heavy atom. The molecule has 2 fully saturated rings. The fourth-order valence-corrected chi connectivity index (χ4v) is 3.14. The molecule has 3 heterocycles. The van der Waals surface area contributed by atoms with E-state index in [1.807, 2.05) is 38.2 Å². The maximum absolute atomic E-state index is 4.77. The Morgan fingerprint density at radius 1 is 0.960 bits per heavy atom. The SMILES string of the molecule is Cc1cc(N2CCN(c3ccnc(C4CC4)n3)CC2)nc(N(C)C)n1. The second-order valence-corrected chi connectivity index (χ2v) is 7.08. The summed E-state index contributed by atoms with van der Waals surface area (Å²) in [5, 5.41) is 0. The van der Waals surface area contributed by atoms with Crippen LogP contribution in [0.25, 0.3) is 0 Å². The first kappa shape index (κ1) is 16.1. The van der Waals surface area contributed by atoms with Crippen LogP contribution in [0.1, 0.15) is 30.3 Å². The Bertz CT molecular complexity index is 749. The van der Waals surface area contributed by atoms with Gasteiger partial charge in [-0.05, 0) is 25.8 Å². The van der Waals surface area contributed by atoms with Crippen molar-refractivity contribution < 1.29 is 0 Å². The van der Waals surface area contributed by atoms with Crippen molar-refractivity contribution in [1.82, 2.24) is 19.9 Å². The number of piperazine rings is 1. The van der Waals surface area contributed by atoms with Gasteiger partial charge in [0, 0.05) is 64.1 Å². The summed E-state index contributed by atoms with van der Waals surface area (Å²) in [6.45, 7) is 5.79. The highest BCUT2D eigenvalue weighted by molar-refractivity contribution is 5.48. The van der Waals surface area contributed by atoms with E-state index in [-0.39, 0.29) is 0 Å². The van der Waals surface area contributed by atoms with Crippen molar-refractivity contribution in [3.63, 3.8) is 0 Å². The van der Waals surface area contributed by atoms with E-state index in [0.717, 1.165) is 55.3 Å². The van der Waals surface area contributed by atoms with Gasteiger partial charge in [0.25, 0.3) is 0 Å². The maximum atomic E-state index is 4.77. The molecule has 2 aliphatic rings. The summed E-state index contributed by atoms with van der Waals surface area (Å²) in [5.41, 5.74) is 1.00. The lowest BCUT2D eigenvalue weighted by molar-refractivity contribution is 0.638. The molecular formula is C18H25N7. The largest absolute Gasteiger partial charge is 0.353 e. The summed E-state index contributed by atoms with van der Waals surface area (Å²) in [5.74, 6) is 4.44. The molecule has 7 nitrogen and oxygen atoms in total. The summed E-state index contributed by atoms with van der Waals surface area (Å²) in [7, 11) is 3.95. The molecule has 0 unspecified atom stereocenters. The lowest BCUT2D eigenvalue weighted by Crippen LogP contribution is -2.47. The zero-order chi connectivity index (χ0) is 17.4. The highest BCUT2D eigenvalue weighted by Gasteiger charge is 2.27. The van der Waals surface area contributed by atoms with Gasteiger partial charge in [-0.25, -0.2) is 15.0 Å². The van der Waals surface area contributed by atoms with Gasteiger partial charge in [0.2, 0.25) is 5.95 Å². The second-order valence-electron chi connectivity index (χ2n) is 7.08. The van der Waals surface area contributed by atoms with Gasteiger partial charge in [-0.15, -0.1) is 0 Å². The van der Waals surface area contributed by atoms with E-state index in [2.05, 4.69) is 25.8 Å². The number of aromatic nitrogens is 4.